The molecule has 0 unspecified atom stereocenters. The van der Waals surface area contributed by atoms with E-state index in [1.165, 1.54) is 26.3 Å². The van der Waals surface area contributed by atoms with Crippen LogP contribution < -0.4 is 0 Å². The van der Waals surface area contributed by atoms with Crippen LogP contribution in [0.15, 0.2) is 47.4 Å². The van der Waals surface area contributed by atoms with Crippen molar-refractivity contribution in [1.29, 1.82) is 0 Å². The summed E-state index contributed by atoms with van der Waals surface area (Å²) in [6, 6.07) is 11.1. The lowest BCUT2D eigenvalue weighted by Gasteiger charge is -2.20. The van der Waals surface area contributed by atoms with Crippen molar-refractivity contribution in [2.24, 2.45) is 0 Å². The number of methoxy groups -OCH3 is 2. The molecule has 2 rings (SSSR count). The molecule has 0 saturated heterocycles. The summed E-state index contributed by atoms with van der Waals surface area (Å²) in [5.41, 5.74) is 1.64. The first-order valence-electron chi connectivity index (χ1n) is 8.04. The van der Waals surface area contributed by atoms with E-state index < -0.39 is 22.0 Å². The number of aryl methyl sites for hydroxylation is 1. The quantitative estimate of drug-likeness (QED) is 0.703. The van der Waals surface area contributed by atoms with E-state index in [1.54, 1.807) is 0 Å². The molecule has 2 aromatic rings. The van der Waals surface area contributed by atoms with Gasteiger partial charge in [0.2, 0.25) is 10.0 Å². The van der Waals surface area contributed by atoms with Gasteiger partial charge in [-0.3, -0.25) is 0 Å². The predicted molar refractivity (Wildman–Crippen MR) is 99.0 cm³/mol. The van der Waals surface area contributed by atoms with E-state index in [9.17, 15) is 18.0 Å². The predicted octanol–water partition coefficient (Wildman–Crippen LogP) is 2.39. The van der Waals surface area contributed by atoms with Crippen LogP contribution in [-0.2, 0) is 26.0 Å². The molecule has 0 radical (unpaired) electrons. The molecule has 0 saturated carbocycles. The van der Waals surface area contributed by atoms with Crippen LogP contribution in [0.1, 0.15) is 31.8 Å². The second kappa shape index (κ2) is 8.32. The van der Waals surface area contributed by atoms with Crippen LogP contribution in [0.5, 0.6) is 0 Å². The maximum atomic E-state index is 13.1. The van der Waals surface area contributed by atoms with Crippen LogP contribution in [0.3, 0.4) is 0 Å². The number of sulfonamides is 1. The first-order valence-corrected chi connectivity index (χ1v) is 9.48. The highest BCUT2D eigenvalue weighted by molar-refractivity contribution is 7.89. The van der Waals surface area contributed by atoms with Crippen LogP contribution >= 0.6 is 0 Å². The summed E-state index contributed by atoms with van der Waals surface area (Å²) in [6.45, 7) is 1.99. The molecule has 7 nitrogen and oxygen atoms in total. The zero-order chi connectivity index (χ0) is 20.2. The molecule has 0 aromatic heterocycles. The fraction of sp³-hybridized carbons (Fsp3) is 0.263. The zero-order valence-electron chi connectivity index (χ0n) is 15.6. The van der Waals surface area contributed by atoms with Crippen LogP contribution in [0.25, 0.3) is 0 Å². The highest BCUT2D eigenvalue weighted by Gasteiger charge is 2.29. The largest absolute Gasteiger partial charge is 0.465 e. The number of benzene rings is 2. The van der Waals surface area contributed by atoms with Gasteiger partial charge in [0.1, 0.15) is 0 Å². The Hall–Kier alpha value is -2.71. The van der Waals surface area contributed by atoms with E-state index in [4.69, 9.17) is 0 Å². The molecular formula is C19H21NO6S. The molecule has 27 heavy (non-hydrogen) atoms. The normalized spacial score (nSPS) is 11.3. The summed E-state index contributed by atoms with van der Waals surface area (Å²) in [5, 5.41) is 0. The van der Waals surface area contributed by atoms with Crippen molar-refractivity contribution in [3.8, 4) is 0 Å². The minimum Gasteiger partial charge on any atom is -0.465 e. The Morgan fingerprint density at radius 3 is 2.22 bits per heavy atom. The lowest BCUT2D eigenvalue weighted by Crippen LogP contribution is -2.28. The van der Waals surface area contributed by atoms with Crippen molar-refractivity contribution in [2.45, 2.75) is 18.4 Å². The lowest BCUT2D eigenvalue weighted by atomic mass is 10.1. The first kappa shape index (κ1) is 20.6. The number of hydrogen-bond acceptors (Lipinski definition) is 6. The smallest absolute Gasteiger partial charge is 0.339 e. The highest BCUT2D eigenvalue weighted by atomic mass is 32.2. The summed E-state index contributed by atoms with van der Waals surface area (Å²) in [7, 11) is -0.323. The minimum atomic E-state index is -4.08. The van der Waals surface area contributed by atoms with Gasteiger partial charge >= 0.3 is 11.9 Å². The standard InChI is InChI=1S/C19H21NO6S/c1-13-7-5-6-8-15(13)12-20(2)27(23,24)17-11-14(18(21)25-3)9-10-16(17)19(22)26-4/h5-11H,12H2,1-4H3. The number of carbonyl (C=O) groups is 2. The van der Waals surface area contributed by atoms with Crippen molar-refractivity contribution in [3.63, 3.8) is 0 Å². The number of nitrogens with zero attached hydrogens (tertiary/aromatic N) is 1. The van der Waals surface area contributed by atoms with Gasteiger partial charge in [-0.05, 0) is 36.2 Å². The maximum absolute atomic E-state index is 13.1. The topological polar surface area (TPSA) is 90.0 Å². The molecule has 0 aliphatic heterocycles. The molecule has 0 heterocycles. The monoisotopic (exact) mass is 391 g/mol. The number of esters is 2. The summed E-state index contributed by atoms with van der Waals surface area (Å²) in [5.74, 6) is -1.52. The number of carbonyl (C=O) groups excluding carboxylic acids is 2. The second-order valence-electron chi connectivity index (χ2n) is 5.88. The Balaban J connectivity index is 2.53. The summed E-state index contributed by atoms with van der Waals surface area (Å²) in [6.07, 6.45) is 0. The van der Waals surface area contributed by atoms with Crippen LogP contribution in [-0.4, -0.2) is 45.9 Å². The molecule has 0 atom stereocenters. The molecule has 144 valence electrons. The van der Waals surface area contributed by atoms with Gasteiger partial charge in [-0.25, -0.2) is 18.0 Å². The van der Waals surface area contributed by atoms with Gasteiger partial charge in [-0.2, -0.15) is 4.31 Å². The molecule has 0 aliphatic carbocycles. The summed E-state index contributed by atoms with van der Waals surface area (Å²) >= 11 is 0. The van der Waals surface area contributed by atoms with Gasteiger partial charge in [-0.1, -0.05) is 24.3 Å². The van der Waals surface area contributed by atoms with Gasteiger partial charge in [0.05, 0.1) is 30.2 Å². The maximum Gasteiger partial charge on any atom is 0.339 e. The van der Waals surface area contributed by atoms with Crippen molar-refractivity contribution >= 4 is 22.0 Å². The number of hydrogen-bond donors (Lipinski definition) is 0. The van der Waals surface area contributed by atoms with Crippen molar-refractivity contribution in [3.05, 3.63) is 64.7 Å². The number of ether oxygens (including phenoxy) is 2. The molecule has 0 bridgehead atoms. The third kappa shape index (κ3) is 4.35. The Bertz CT molecular complexity index is 968. The Kier molecular flexibility index (Phi) is 6.35. The highest BCUT2D eigenvalue weighted by Crippen LogP contribution is 2.24. The molecule has 0 amide bonds. The SMILES string of the molecule is COC(=O)c1ccc(C(=O)OC)c(S(=O)(=O)N(C)Cc2ccccc2C)c1. The Labute approximate surface area is 158 Å². The fourth-order valence-electron chi connectivity index (χ4n) is 2.54. The minimum absolute atomic E-state index is 0.0213. The van der Waals surface area contributed by atoms with E-state index in [2.05, 4.69) is 9.47 Å². The third-order valence-corrected chi connectivity index (χ3v) is 5.99. The molecule has 0 spiro atoms. The summed E-state index contributed by atoms with van der Waals surface area (Å²) < 4.78 is 36.7. The van der Waals surface area contributed by atoms with Crippen LogP contribution in [0.4, 0.5) is 0 Å². The van der Waals surface area contributed by atoms with E-state index in [0.717, 1.165) is 28.6 Å². The molecule has 2 aromatic carbocycles. The van der Waals surface area contributed by atoms with Gasteiger partial charge in [0, 0.05) is 13.6 Å². The average molecular weight is 391 g/mol. The molecule has 0 aliphatic rings. The lowest BCUT2D eigenvalue weighted by molar-refractivity contribution is 0.0583. The Morgan fingerprint density at radius 2 is 1.63 bits per heavy atom. The van der Waals surface area contributed by atoms with E-state index in [1.807, 2.05) is 31.2 Å². The van der Waals surface area contributed by atoms with Gasteiger partial charge in [-0.15, -0.1) is 0 Å². The van der Waals surface area contributed by atoms with Gasteiger partial charge < -0.3 is 9.47 Å². The van der Waals surface area contributed by atoms with Gasteiger partial charge in [0.25, 0.3) is 0 Å². The zero-order valence-corrected chi connectivity index (χ0v) is 16.4. The van der Waals surface area contributed by atoms with E-state index >= 15 is 0 Å². The fourth-order valence-corrected chi connectivity index (χ4v) is 3.89. The molecule has 0 N–H and O–H groups in total. The molecule has 0 fully saturated rings. The molecular weight excluding hydrogens is 370 g/mol. The van der Waals surface area contributed by atoms with Crippen molar-refractivity contribution in [1.82, 2.24) is 4.31 Å². The Morgan fingerprint density at radius 1 is 1.00 bits per heavy atom. The molecule has 8 heteroatoms. The van der Waals surface area contributed by atoms with E-state index in [-0.39, 0.29) is 22.6 Å². The van der Waals surface area contributed by atoms with Crippen molar-refractivity contribution < 1.29 is 27.5 Å². The second-order valence-corrected chi connectivity index (χ2v) is 7.89. The first-order chi connectivity index (χ1) is 12.7. The van der Waals surface area contributed by atoms with Crippen molar-refractivity contribution in [2.75, 3.05) is 21.3 Å². The van der Waals surface area contributed by atoms with E-state index in [0.29, 0.717) is 0 Å². The third-order valence-electron chi connectivity index (χ3n) is 4.15. The van der Waals surface area contributed by atoms with Crippen LogP contribution in [0.2, 0.25) is 0 Å². The van der Waals surface area contributed by atoms with Gasteiger partial charge in [0.15, 0.2) is 0 Å². The summed E-state index contributed by atoms with van der Waals surface area (Å²) in [4.78, 5) is 23.5. The number of rotatable bonds is 6. The average Bonchev–Trinajstić information content (AvgIpc) is 2.67. The van der Waals surface area contributed by atoms with Crippen LogP contribution in [0, 0.1) is 6.92 Å².